The molecule has 0 saturated carbocycles. The molecule has 2 amide bonds. The molecule has 3 aromatic carbocycles. The summed E-state index contributed by atoms with van der Waals surface area (Å²) in [6.07, 6.45) is 0. The van der Waals surface area contributed by atoms with E-state index in [2.05, 4.69) is 20.7 Å². The Hall–Kier alpha value is -3.91. The number of amides is 2. The predicted molar refractivity (Wildman–Crippen MR) is 117 cm³/mol. The minimum atomic E-state index is -0.422. The van der Waals surface area contributed by atoms with E-state index in [0.29, 0.717) is 33.5 Å². The maximum Gasteiger partial charge on any atom is 0.336 e. The second-order valence-electron chi connectivity index (χ2n) is 6.45. The zero-order valence-electron chi connectivity index (χ0n) is 16.3. The lowest BCUT2D eigenvalue weighted by atomic mass is 10.2. The first-order valence-corrected chi connectivity index (χ1v) is 9.61. The van der Waals surface area contributed by atoms with Crippen LogP contribution in [-0.4, -0.2) is 27.9 Å². The number of urea groups is 1. The molecule has 1 heterocycles. The molecule has 0 spiro atoms. The van der Waals surface area contributed by atoms with E-state index in [4.69, 9.17) is 16.3 Å². The minimum absolute atomic E-state index is 0.112. The quantitative estimate of drug-likeness (QED) is 0.439. The molecule has 0 fully saturated rings. The van der Waals surface area contributed by atoms with E-state index >= 15 is 0 Å². The Kier molecular flexibility index (Phi) is 5.81. The van der Waals surface area contributed by atoms with Crippen molar-refractivity contribution in [3.8, 4) is 23.1 Å². The van der Waals surface area contributed by atoms with Gasteiger partial charge in [-0.1, -0.05) is 29.8 Å². The van der Waals surface area contributed by atoms with Crippen molar-refractivity contribution in [2.45, 2.75) is 0 Å². The SMILES string of the molecule is COc1nc(-c2ccccc2F)n(-c2ccc(NC(=O)Nc3cccc(Cl)c3)cc2)n1. The lowest BCUT2D eigenvalue weighted by Crippen LogP contribution is -2.19. The number of benzene rings is 3. The van der Waals surface area contributed by atoms with Gasteiger partial charge in [-0.15, -0.1) is 5.10 Å². The van der Waals surface area contributed by atoms with Crippen LogP contribution in [0.2, 0.25) is 5.02 Å². The van der Waals surface area contributed by atoms with Gasteiger partial charge in [0.05, 0.1) is 18.4 Å². The van der Waals surface area contributed by atoms with Gasteiger partial charge in [0.15, 0.2) is 5.82 Å². The van der Waals surface area contributed by atoms with E-state index in [1.165, 1.54) is 17.9 Å². The topological polar surface area (TPSA) is 81.1 Å². The van der Waals surface area contributed by atoms with E-state index in [1.54, 1.807) is 66.7 Å². The van der Waals surface area contributed by atoms with E-state index in [1.807, 2.05) is 0 Å². The molecule has 0 unspecified atom stereocenters. The van der Waals surface area contributed by atoms with Gasteiger partial charge in [-0.3, -0.25) is 0 Å². The normalized spacial score (nSPS) is 10.5. The van der Waals surface area contributed by atoms with Crippen LogP contribution in [-0.2, 0) is 0 Å². The standard InChI is InChI=1S/C22H17ClFN5O2/c1-31-22-27-20(18-7-2-3-8-19(18)24)29(28-22)17-11-9-15(10-12-17)25-21(30)26-16-6-4-5-14(23)13-16/h2-13H,1H3,(H2,25,26,30). The number of ether oxygens (including phenoxy) is 1. The monoisotopic (exact) mass is 437 g/mol. The largest absolute Gasteiger partial charge is 0.466 e. The fourth-order valence-corrected chi connectivity index (χ4v) is 3.11. The molecule has 2 N–H and O–H groups in total. The van der Waals surface area contributed by atoms with Gasteiger partial charge in [0, 0.05) is 16.4 Å². The number of carbonyl (C=O) groups is 1. The molecule has 4 aromatic rings. The average Bonchev–Trinajstić information content (AvgIpc) is 3.19. The van der Waals surface area contributed by atoms with Gasteiger partial charge < -0.3 is 15.4 Å². The van der Waals surface area contributed by atoms with Crippen LogP contribution in [0.3, 0.4) is 0 Å². The molecule has 0 radical (unpaired) electrons. The highest BCUT2D eigenvalue weighted by atomic mass is 35.5. The number of carbonyl (C=O) groups excluding carboxylic acids is 1. The number of aromatic nitrogens is 3. The summed E-state index contributed by atoms with van der Waals surface area (Å²) in [5.41, 5.74) is 2.05. The number of hydrogen-bond acceptors (Lipinski definition) is 4. The van der Waals surface area contributed by atoms with Crippen molar-refractivity contribution >= 4 is 29.0 Å². The van der Waals surface area contributed by atoms with E-state index in [0.717, 1.165) is 0 Å². The van der Waals surface area contributed by atoms with Gasteiger partial charge in [-0.05, 0) is 54.6 Å². The van der Waals surface area contributed by atoms with E-state index in [-0.39, 0.29) is 6.01 Å². The van der Waals surface area contributed by atoms with Crippen LogP contribution < -0.4 is 15.4 Å². The molecule has 0 aliphatic heterocycles. The summed E-state index contributed by atoms with van der Waals surface area (Å²) in [4.78, 5) is 16.5. The smallest absolute Gasteiger partial charge is 0.336 e. The van der Waals surface area contributed by atoms with Crippen molar-refractivity contribution in [2.75, 3.05) is 17.7 Å². The van der Waals surface area contributed by atoms with Gasteiger partial charge in [-0.25, -0.2) is 13.9 Å². The molecule has 31 heavy (non-hydrogen) atoms. The van der Waals surface area contributed by atoms with Crippen molar-refractivity contribution in [3.05, 3.63) is 83.6 Å². The van der Waals surface area contributed by atoms with Gasteiger partial charge in [0.2, 0.25) is 0 Å². The second-order valence-corrected chi connectivity index (χ2v) is 6.89. The van der Waals surface area contributed by atoms with Crippen molar-refractivity contribution in [1.29, 1.82) is 0 Å². The number of nitrogens with zero attached hydrogens (tertiary/aromatic N) is 3. The summed E-state index contributed by atoms with van der Waals surface area (Å²) < 4.78 is 20.9. The number of hydrogen-bond donors (Lipinski definition) is 2. The van der Waals surface area contributed by atoms with Gasteiger partial charge in [0.25, 0.3) is 0 Å². The van der Waals surface area contributed by atoms with Crippen LogP contribution in [0.25, 0.3) is 17.1 Å². The Morgan fingerprint density at radius 3 is 2.45 bits per heavy atom. The molecule has 0 bridgehead atoms. The Balaban J connectivity index is 1.55. The van der Waals surface area contributed by atoms with E-state index in [9.17, 15) is 9.18 Å². The zero-order chi connectivity index (χ0) is 21.8. The molecule has 9 heteroatoms. The first-order chi connectivity index (χ1) is 15.0. The summed E-state index contributed by atoms with van der Waals surface area (Å²) in [6.45, 7) is 0. The number of anilines is 2. The Morgan fingerprint density at radius 1 is 1.00 bits per heavy atom. The Morgan fingerprint density at radius 2 is 1.74 bits per heavy atom. The molecule has 4 rings (SSSR count). The van der Waals surface area contributed by atoms with Crippen LogP contribution in [0.4, 0.5) is 20.6 Å². The fourth-order valence-electron chi connectivity index (χ4n) is 2.92. The average molecular weight is 438 g/mol. The summed E-state index contributed by atoms with van der Waals surface area (Å²) in [7, 11) is 1.44. The molecule has 0 saturated heterocycles. The van der Waals surface area contributed by atoms with Crippen LogP contribution >= 0.6 is 11.6 Å². The zero-order valence-corrected chi connectivity index (χ0v) is 17.1. The van der Waals surface area contributed by atoms with Crippen molar-refractivity contribution in [1.82, 2.24) is 14.8 Å². The van der Waals surface area contributed by atoms with Crippen LogP contribution in [0.5, 0.6) is 6.01 Å². The molecular weight excluding hydrogens is 421 g/mol. The molecule has 1 aromatic heterocycles. The first-order valence-electron chi connectivity index (χ1n) is 9.23. The third-order valence-electron chi connectivity index (χ3n) is 4.34. The number of nitrogens with one attached hydrogen (secondary N) is 2. The number of methoxy groups -OCH3 is 1. The Labute approximate surface area is 182 Å². The van der Waals surface area contributed by atoms with E-state index < -0.39 is 11.8 Å². The number of rotatable bonds is 5. The highest BCUT2D eigenvalue weighted by Gasteiger charge is 2.17. The third-order valence-corrected chi connectivity index (χ3v) is 4.57. The summed E-state index contributed by atoms with van der Waals surface area (Å²) in [5.74, 6) is -0.121. The number of halogens is 2. The fraction of sp³-hybridized carbons (Fsp3) is 0.0455. The molecule has 0 atom stereocenters. The molecule has 0 aliphatic rings. The first kappa shape index (κ1) is 20.4. The summed E-state index contributed by atoms with van der Waals surface area (Å²) in [6, 6.07) is 19.7. The lowest BCUT2D eigenvalue weighted by Gasteiger charge is -2.10. The van der Waals surface area contributed by atoms with Crippen molar-refractivity contribution in [3.63, 3.8) is 0 Å². The van der Waals surface area contributed by atoms with Crippen LogP contribution in [0.1, 0.15) is 0 Å². The maximum atomic E-state index is 14.3. The highest BCUT2D eigenvalue weighted by molar-refractivity contribution is 6.30. The van der Waals surface area contributed by atoms with Gasteiger partial charge in [-0.2, -0.15) is 4.98 Å². The molecule has 156 valence electrons. The van der Waals surface area contributed by atoms with Crippen molar-refractivity contribution in [2.24, 2.45) is 0 Å². The van der Waals surface area contributed by atoms with Crippen LogP contribution in [0.15, 0.2) is 72.8 Å². The minimum Gasteiger partial charge on any atom is -0.466 e. The lowest BCUT2D eigenvalue weighted by molar-refractivity contribution is 0.262. The molecule has 0 aliphatic carbocycles. The molecule has 7 nitrogen and oxygen atoms in total. The Bertz CT molecular complexity index is 1230. The summed E-state index contributed by atoms with van der Waals surface area (Å²) in [5, 5.41) is 10.2. The maximum absolute atomic E-state index is 14.3. The van der Waals surface area contributed by atoms with Gasteiger partial charge >= 0.3 is 12.0 Å². The van der Waals surface area contributed by atoms with Crippen molar-refractivity contribution < 1.29 is 13.9 Å². The van der Waals surface area contributed by atoms with Crippen LogP contribution in [0, 0.1) is 5.82 Å². The predicted octanol–water partition coefficient (Wildman–Crippen LogP) is 5.38. The molecular formula is C22H17ClFN5O2. The van der Waals surface area contributed by atoms with Gasteiger partial charge in [0.1, 0.15) is 5.82 Å². The third kappa shape index (κ3) is 4.65. The second kappa shape index (κ2) is 8.85. The highest BCUT2D eigenvalue weighted by Crippen LogP contribution is 2.26. The summed E-state index contributed by atoms with van der Waals surface area (Å²) >= 11 is 5.93.